The average Bonchev–Trinajstić information content (AvgIpc) is 2.76. The highest BCUT2D eigenvalue weighted by Gasteiger charge is 2.29. The third kappa shape index (κ3) is 5.73. The van der Waals surface area contributed by atoms with E-state index in [4.69, 9.17) is 0 Å². The lowest BCUT2D eigenvalue weighted by Crippen LogP contribution is -2.55. The Morgan fingerprint density at radius 1 is 1.14 bits per heavy atom. The van der Waals surface area contributed by atoms with Crippen LogP contribution in [0.3, 0.4) is 0 Å². The molecule has 1 N–H and O–H groups in total. The van der Waals surface area contributed by atoms with Crippen molar-refractivity contribution in [1.29, 1.82) is 0 Å². The predicted molar refractivity (Wildman–Crippen MR) is 118 cm³/mol. The first-order valence-electron chi connectivity index (χ1n) is 9.89. The van der Waals surface area contributed by atoms with E-state index in [0.29, 0.717) is 25.1 Å². The molecule has 7 heteroatoms. The topological polar surface area (TPSA) is 65.5 Å². The van der Waals surface area contributed by atoms with Crippen LogP contribution in [0.2, 0.25) is 0 Å². The Morgan fingerprint density at radius 2 is 1.93 bits per heavy atom. The highest BCUT2D eigenvalue weighted by Crippen LogP contribution is 2.14. The number of nitrogens with zero attached hydrogens (tertiary/aromatic N) is 3. The molecule has 2 amide bonds. The van der Waals surface area contributed by atoms with Crippen LogP contribution in [0.1, 0.15) is 22.3 Å². The van der Waals surface area contributed by atoms with Crippen molar-refractivity contribution < 1.29 is 9.59 Å². The van der Waals surface area contributed by atoms with Crippen molar-refractivity contribution in [3.8, 4) is 0 Å². The first-order valence-corrected chi connectivity index (χ1v) is 11.3. The molecular weight excluding hydrogens is 384 g/mol. The summed E-state index contributed by atoms with van der Waals surface area (Å²) in [5.41, 5.74) is 1.61. The van der Waals surface area contributed by atoms with Crippen molar-refractivity contribution in [2.45, 2.75) is 19.4 Å². The zero-order valence-corrected chi connectivity index (χ0v) is 17.8. The maximum atomic E-state index is 13.1. The van der Waals surface area contributed by atoms with E-state index in [-0.39, 0.29) is 11.8 Å². The van der Waals surface area contributed by atoms with Gasteiger partial charge in [-0.25, -0.2) is 4.98 Å². The Labute approximate surface area is 176 Å². The molecule has 0 spiro atoms. The van der Waals surface area contributed by atoms with Crippen molar-refractivity contribution >= 4 is 29.4 Å². The third-order valence-corrected chi connectivity index (χ3v) is 5.70. The van der Waals surface area contributed by atoms with Gasteiger partial charge in [-0.2, -0.15) is 11.8 Å². The molecule has 1 fully saturated rings. The smallest absolute Gasteiger partial charge is 0.251 e. The number of aryl methyl sites for hydroxylation is 1. The van der Waals surface area contributed by atoms with Crippen LogP contribution in [0.15, 0.2) is 48.7 Å². The van der Waals surface area contributed by atoms with E-state index < -0.39 is 6.04 Å². The van der Waals surface area contributed by atoms with E-state index in [1.54, 1.807) is 24.0 Å². The molecule has 1 saturated heterocycles. The zero-order chi connectivity index (χ0) is 20.6. The average molecular weight is 413 g/mol. The van der Waals surface area contributed by atoms with Gasteiger partial charge in [-0.3, -0.25) is 9.59 Å². The Kier molecular flexibility index (Phi) is 7.52. The second kappa shape index (κ2) is 10.3. The van der Waals surface area contributed by atoms with Gasteiger partial charge >= 0.3 is 0 Å². The van der Waals surface area contributed by atoms with Crippen molar-refractivity contribution in [2.75, 3.05) is 43.1 Å². The number of anilines is 1. The van der Waals surface area contributed by atoms with Gasteiger partial charge in [0.05, 0.1) is 0 Å². The number of carbonyl (C=O) groups excluding carboxylic acids is 2. The summed E-state index contributed by atoms with van der Waals surface area (Å²) in [4.78, 5) is 34.3. The van der Waals surface area contributed by atoms with Crippen LogP contribution in [0.25, 0.3) is 0 Å². The molecule has 1 aliphatic rings. The van der Waals surface area contributed by atoms with Crippen LogP contribution >= 0.6 is 11.8 Å². The van der Waals surface area contributed by atoms with Crippen LogP contribution in [0.4, 0.5) is 5.82 Å². The number of amides is 2. The summed E-state index contributed by atoms with van der Waals surface area (Å²) in [7, 11) is 0. The lowest BCUT2D eigenvalue weighted by Gasteiger charge is -2.37. The van der Waals surface area contributed by atoms with Gasteiger partial charge in [-0.15, -0.1) is 0 Å². The van der Waals surface area contributed by atoms with Crippen molar-refractivity contribution in [1.82, 2.24) is 15.2 Å². The molecule has 0 radical (unpaired) electrons. The molecule has 1 aliphatic heterocycles. The Bertz CT molecular complexity index is 823. The van der Waals surface area contributed by atoms with E-state index in [9.17, 15) is 9.59 Å². The lowest BCUT2D eigenvalue weighted by atomic mass is 10.1. The van der Waals surface area contributed by atoms with Crippen LogP contribution in [-0.2, 0) is 4.79 Å². The monoisotopic (exact) mass is 412 g/mol. The van der Waals surface area contributed by atoms with Gasteiger partial charge in [0.1, 0.15) is 11.9 Å². The molecule has 3 rings (SSSR count). The summed E-state index contributed by atoms with van der Waals surface area (Å²) in [5.74, 6) is 1.56. The Hall–Kier alpha value is -2.54. The number of nitrogens with one attached hydrogen (secondary N) is 1. The fourth-order valence-corrected chi connectivity index (χ4v) is 3.91. The largest absolute Gasteiger partial charge is 0.353 e. The van der Waals surface area contributed by atoms with Gasteiger partial charge in [0.2, 0.25) is 5.91 Å². The highest BCUT2D eigenvalue weighted by atomic mass is 32.2. The maximum absolute atomic E-state index is 13.1. The molecule has 1 atom stereocenters. The van der Waals surface area contributed by atoms with Crippen LogP contribution in [-0.4, -0.2) is 65.9 Å². The number of pyridine rings is 1. The van der Waals surface area contributed by atoms with Gasteiger partial charge in [-0.05, 0) is 49.6 Å². The first-order chi connectivity index (χ1) is 14.1. The number of aromatic nitrogens is 1. The SMILES string of the molecule is CSCCC(NC(=O)c1cccc(C)c1)C(=O)N1CCN(c2ccccn2)CC1. The van der Waals surface area contributed by atoms with E-state index in [2.05, 4.69) is 15.2 Å². The summed E-state index contributed by atoms with van der Waals surface area (Å²) >= 11 is 1.68. The standard InChI is InChI=1S/C22H28N4O2S/c1-17-6-5-7-18(16-17)21(27)24-19(9-15-29-2)22(28)26-13-11-25(12-14-26)20-8-3-4-10-23-20/h3-8,10,16,19H,9,11-15H2,1-2H3,(H,24,27). The number of hydrogen-bond donors (Lipinski definition) is 1. The Balaban J connectivity index is 1.62. The molecular formula is C22H28N4O2S. The number of hydrogen-bond acceptors (Lipinski definition) is 5. The molecule has 2 aromatic rings. The molecule has 154 valence electrons. The number of rotatable bonds is 7. The van der Waals surface area contributed by atoms with E-state index >= 15 is 0 Å². The lowest BCUT2D eigenvalue weighted by molar-refractivity contribution is -0.133. The summed E-state index contributed by atoms with van der Waals surface area (Å²) < 4.78 is 0. The molecule has 1 aromatic heterocycles. The molecule has 2 heterocycles. The second-order valence-corrected chi connectivity index (χ2v) is 8.16. The van der Waals surface area contributed by atoms with Crippen molar-refractivity contribution in [3.05, 3.63) is 59.8 Å². The van der Waals surface area contributed by atoms with Gasteiger partial charge in [0.15, 0.2) is 0 Å². The normalized spacial score (nSPS) is 15.1. The van der Waals surface area contributed by atoms with Crippen LogP contribution in [0.5, 0.6) is 0 Å². The van der Waals surface area contributed by atoms with E-state index in [0.717, 1.165) is 30.2 Å². The fourth-order valence-electron chi connectivity index (χ4n) is 3.44. The minimum atomic E-state index is -0.503. The van der Waals surface area contributed by atoms with Gasteiger partial charge < -0.3 is 15.1 Å². The highest BCUT2D eigenvalue weighted by molar-refractivity contribution is 7.98. The fraction of sp³-hybridized carbons (Fsp3) is 0.409. The van der Waals surface area contributed by atoms with Crippen LogP contribution in [0, 0.1) is 6.92 Å². The minimum absolute atomic E-state index is 0.000670. The van der Waals surface area contributed by atoms with Gasteiger partial charge in [0, 0.05) is 37.9 Å². The van der Waals surface area contributed by atoms with E-state index in [1.807, 2.05) is 54.5 Å². The zero-order valence-electron chi connectivity index (χ0n) is 17.0. The molecule has 6 nitrogen and oxygen atoms in total. The maximum Gasteiger partial charge on any atom is 0.251 e. The number of benzene rings is 1. The molecule has 0 aliphatic carbocycles. The van der Waals surface area contributed by atoms with Crippen molar-refractivity contribution in [3.63, 3.8) is 0 Å². The number of piperazine rings is 1. The van der Waals surface area contributed by atoms with Crippen LogP contribution < -0.4 is 10.2 Å². The van der Waals surface area contributed by atoms with Gasteiger partial charge in [0.25, 0.3) is 5.91 Å². The predicted octanol–water partition coefficient (Wildman–Crippen LogP) is 2.59. The van der Waals surface area contributed by atoms with Crippen molar-refractivity contribution in [2.24, 2.45) is 0 Å². The summed E-state index contributed by atoms with van der Waals surface area (Å²) in [6.07, 6.45) is 4.42. The molecule has 0 bridgehead atoms. The molecule has 29 heavy (non-hydrogen) atoms. The molecule has 0 saturated carbocycles. The summed E-state index contributed by atoms with van der Waals surface area (Å²) in [5, 5.41) is 2.97. The number of carbonyl (C=O) groups is 2. The molecule has 1 unspecified atom stereocenters. The first kappa shape index (κ1) is 21.2. The quantitative estimate of drug-likeness (QED) is 0.757. The Morgan fingerprint density at radius 3 is 2.59 bits per heavy atom. The van der Waals surface area contributed by atoms with Gasteiger partial charge in [-0.1, -0.05) is 23.8 Å². The third-order valence-electron chi connectivity index (χ3n) is 5.06. The summed E-state index contributed by atoms with van der Waals surface area (Å²) in [6.45, 7) is 4.69. The number of thioether (sulfide) groups is 1. The second-order valence-electron chi connectivity index (χ2n) is 7.18. The minimum Gasteiger partial charge on any atom is -0.353 e. The summed E-state index contributed by atoms with van der Waals surface area (Å²) in [6, 6.07) is 12.8. The van der Waals surface area contributed by atoms with E-state index in [1.165, 1.54) is 0 Å². The molecule has 1 aromatic carbocycles.